The SMILES string of the molecule is CC(C(=O)O)c1ccc2c(c1)C(=O)Cc1cc(C(F)(F)F)ccc1S2. The molecule has 0 bridgehead atoms. The quantitative estimate of drug-likeness (QED) is 0.831. The number of rotatable bonds is 2. The number of fused-ring (bicyclic) bond motifs is 2. The zero-order chi connectivity index (χ0) is 18.4. The molecule has 1 aliphatic heterocycles. The molecule has 1 unspecified atom stereocenters. The van der Waals surface area contributed by atoms with Crippen LogP contribution in [0.25, 0.3) is 0 Å². The summed E-state index contributed by atoms with van der Waals surface area (Å²) in [5.41, 5.74) is 0.377. The summed E-state index contributed by atoms with van der Waals surface area (Å²) in [5, 5.41) is 9.11. The van der Waals surface area contributed by atoms with Crippen LogP contribution < -0.4 is 0 Å². The third kappa shape index (κ3) is 3.42. The van der Waals surface area contributed by atoms with Crippen molar-refractivity contribution in [2.24, 2.45) is 0 Å². The van der Waals surface area contributed by atoms with E-state index in [4.69, 9.17) is 5.11 Å². The Bertz CT molecular complexity index is 874. The fourth-order valence-electron chi connectivity index (χ4n) is 2.65. The number of Topliss-reactive ketones (excluding diaryl/α,β-unsaturated/α-hetero) is 1. The molecule has 1 heterocycles. The second kappa shape index (κ2) is 6.22. The Kier molecular flexibility index (Phi) is 4.36. The van der Waals surface area contributed by atoms with Crippen molar-refractivity contribution in [3.63, 3.8) is 0 Å². The van der Waals surface area contributed by atoms with E-state index in [1.165, 1.54) is 30.8 Å². The normalized spacial score (nSPS) is 15.1. The molecule has 0 amide bonds. The van der Waals surface area contributed by atoms with Gasteiger partial charge >= 0.3 is 12.1 Å². The van der Waals surface area contributed by atoms with Crippen LogP contribution in [0.5, 0.6) is 0 Å². The van der Waals surface area contributed by atoms with Crippen molar-refractivity contribution in [2.75, 3.05) is 0 Å². The molecule has 0 aromatic heterocycles. The third-order valence-electron chi connectivity index (χ3n) is 4.13. The average molecular weight is 366 g/mol. The molecule has 7 heteroatoms. The lowest BCUT2D eigenvalue weighted by molar-refractivity contribution is -0.139. The van der Waals surface area contributed by atoms with E-state index in [1.54, 1.807) is 12.1 Å². The van der Waals surface area contributed by atoms with E-state index in [9.17, 15) is 22.8 Å². The minimum atomic E-state index is -4.47. The largest absolute Gasteiger partial charge is 0.481 e. The first-order chi connectivity index (χ1) is 11.7. The second-order valence-corrected chi connectivity index (χ2v) is 6.92. The highest BCUT2D eigenvalue weighted by atomic mass is 32.2. The zero-order valence-corrected chi connectivity index (χ0v) is 13.9. The molecule has 3 rings (SSSR count). The number of aliphatic carboxylic acids is 1. The van der Waals surface area contributed by atoms with Gasteiger partial charge in [0.05, 0.1) is 11.5 Å². The smallest absolute Gasteiger partial charge is 0.416 e. The molecule has 2 aromatic rings. The number of benzene rings is 2. The van der Waals surface area contributed by atoms with E-state index in [2.05, 4.69) is 0 Å². The molecule has 25 heavy (non-hydrogen) atoms. The van der Waals surface area contributed by atoms with Gasteiger partial charge in [-0.05, 0) is 48.4 Å². The van der Waals surface area contributed by atoms with Crippen molar-refractivity contribution < 1.29 is 27.9 Å². The summed E-state index contributed by atoms with van der Waals surface area (Å²) in [6.45, 7) is 1.52. The highest BCUT2D eigenvalue weighted by molar-refractivity contribution is 7.99. The molecule has 1 aliphatic rings. The predicted molar refractivity (Wildman–Crippen MR) is 86.1 cm³/mol. The summed E-state index contributed by atoms with van der Waals surface area (Å²) < 4.78 is 38.7. The van der Waals surface area contributed by atoms with Crippen molar-refractivity contribution in [3.05, 3.63) is 58.7 Å². The summed E-state index contributed by atoms with van der Waals surface area (Å²) in [5.74, 6) is -2.10. The number of ketones is 1. The van der Waals surface area contributed by atoms with Crippen LogP contribution >= 0.6 is 11.8 Å². The first-order valence-electron chi connectivity index (χ1n) is 7.44. The van der Waals surface area contributed by atoms with Crippen molar-refractivity contribution in [1.82, 2.24) is 0 Å². The standard InChI is InChI=1S/C18H13F3O3S/c1-9(17(23)24)10-2-4-16-13(7-10)14(22)8-11-6-12(18(19,20)21)3-5-15(11)25-16/h2-7,9H,8H2,1H3,(H,23,24). The van der Waals surface area contributed by atoms with E-state index in [0.717, 1.165) is 12.1 Å². The number of hydrogen-bond donors (Lipinski definition) is 1. The Morgan fingerprint density at radius 3 is 2.48 bits per heavy atom. The van der Waals surface area contributed by atoms with Crippen molar-refractivity contribution in [1.29, 1.82) is 0 Å². The van der Waals surface area contributed by atoms with Gasteiger partial charge < -0.3 is 5.11 Å². The van der Waals surface area contributed by atoms with Gasteiger partial charge in [-0.25, -0.2) is 0 Å². The molecule has 0 saturated heterocycles. The maximum Gasteiger partial charge on any atom is 0.416 e. The Morgan fingerprint density at radius 1 is 1.16 bits per heavy atom. The zero-order valence-electron chi connectivity index (χ0n) is 13.1. The Balaban J connectivity index is 2.03. The van der Waals surface area contributed by atoms with Gasteiger partial charge in [-0.1, -0.05) is 17.8 Å². The summed E-state index contributed by atoms with van der Waals surface area (Å²) in [7, 11) is 0. The predicted octanol–water partition coefficient (Wildman–Crippen LogP) is 4.78. The number of carboxylic acid groups (broad SMARTS) is 1. The van der Waals surface area contributed by atoms with Crippen LogP contribution in [-0.4, -0.2) is 16.9 Å². The van der Waals surface area contributed by atoms with E-state index in [0.29, 0.717) is 26.5 Å². The molecule has 2 aromatic carbocycles. The molecule has 0 saturated carbocycles. The second-order valence-electron chi connectivity index (χ2n) is 5.84. The number of carbonyl (C=O) groups is 2. The van der Waals surface area contributed by atoms with Crippen LogP contribution in [0.2, 0.25) is 0 Å². The molecule has 0 aliphatic carbocycles. The van der Waals surface area contributed by atoms with Crippen LogP contribution in [0.3, 0.4) is 0 Å². The monoisotopic (exact) mass is 366 g/mol. The van der Waals surface area contributed by atoms with Crippen LogP contribution in [-0.2, 0) is 17.4 Å². The van der Waals surface area contributed by atoms with Crippen LogP contribution in [0.1, 0.15) is 39.9 Å². The minimum Gasteiger partial charge on any atom is -0.481 e. The van der Waals surface area contributed by atoms with Gasteiger partial charge in [-0.15, -0.1) is 0 Å². The summed E-state index contributed by atoms with van der Waals surface area (Å²) in [6, 6.07) is 8.19. The molecule has 0 spiro atoms. The van der Waals surface area contributed by atoms with Gasteiger partial charge in [0, 0.05) is 21.8 Å². The van der Waals surface area contributed by atoms with Gasteiger partial charge in [0.25, 0.3) is 0 Å². The van der Waals surface area contributed by atoms with Gasteiger partial charge in [0.15, 0.2) is 5.78 Å². The first kappa shape index (κ1) is 17.5. The molecule has 1 atom stereocenters. The fraction of sp³-hybridized carbons (Fsp3) is 0.222. The lowest BCUT2D eigenvalue weighted by Crippen LogP contribution is -2.10. The Labute approximate surface area is 145 Å². The number of carbonyl (C=O) groups excluding carboxylic acids is 1. The van der Waals surface area contributed by atoms with Gasteiger partial charge in [-0.3, -0.25) is 9.59 Å². The summed E-state index contributed by atoms with van der Waals surface area (Å²) >= 11 is 1.22. The molecule has 0 fully saturated rings. The van der Waals surface area contributed by atoms with E-state index < -0.39 is 23.6 Å². The number of halogens is 3. The molecule has 1 N–H and O–H groups in total. The van der Waals surface area contributed by atoms with Crippen LogP contribution in [0.15, 0.2) is 46.2 Å². The minimum absolute atomic E-state index is 0.149. The Hall–Kier alpha value is -2.28. The van der Waals surface area contributed by atoms with E-state index in [-0.39, 0.29) is 12.2 Å². The molecular weight excluding hydrogens is 353 g/mol. The van der Waals surface area contributed by atoms with E-state index in [1.807, 2.05) is 0 Å². The average Bonchev–Trinajstić information content (AvgIpc) is 2.68. The van der Waals surface area contributed by atoms with Gasteiger partial charge in [-0.2, -0.15) is 13.2 Å². The molecular formula is C18H13F3O3S. The van der Waals surface area contributed by atoms with Crippen molar-refractivity contribution in [3.8, 4) is 0 Å². The maximum atomic E-state index is 12.9. The highest BCUT2D eigenvalue weighted by Crippen LogP contribution is 2.40. The fourth-order valence-corrected chi connectivity index (χ4v) is 3.70. The Morgan fingerprint density at radius 2 is 1.84 bits per heavy atom. The van der Waals surface area contributed by atoms with Crippen molar-refractivity contribution in [2.45, 2.75) is 35.2 Å². The summed E-state index contributed by atoms with van der Waals surface area (Å²) in [4.78, 5) is 24.9. The highest BCUT2D eigenvalue weighted by Gasteiger charge is 2.32. The molecule has 130 valence electrons. The first-order valence-corrected chi connectivity index (χ1v) is 8.26. The van der Waals surface area contributed by atoms with Gasteiger partial charge in [0.1, 0.15) is 0 Å². The van der Waals surface area contributed by atoms with Gasteiger partial charge in [0.2, 0.25) is 0 Å². The third-order valence-corrected chi connectivity index (χ3v) is 5.33. The van der Waals surface area contributed by atoms with Crippen molar-refractivity contribution >= 4 is 23.5 Å². The molecule has 3 nitrogen and oxygen atoms in total. The van der Waals surface area contributed by atoms with Crippen LogP contribution in [0.4, 0.5) is 13.2 Å². The van der Waals surface area contributed by atoms with E-state index >= 15 is 0 Å². The van der Waals surface area contributed by atoms with Crippen LogP contribution in [0, 0.1) is 0 Å². The summed E-state index contributed by atoms with van der Waals surface area (Å²) in [6.07, 6.45) is -4.61. The lowest BCUT2D eigenvalue weighted by Gasteiger charge is -2.11. The number of carboxylic acids is 1. The topological polar surface area (TPSA) is 54.4 Å². The molecule has 0 radical (unpaired) electrons. The number of hydrogen-bond acceptors (Lipinski definition) is 3. The number of alkyl halides is 3. The lowest BCUT2D eigenvalue weighted by atomic mass is 9.95. The maximum absolute atomic E-state index is 12.9.